The number of halogens is 1. The summed E-state index contributed by atoms with van der Waals surface area (Å²) in [7, 11) is 1.51. The monoisotopic (exact) mass is 349 g/mol. The van der Waals surface area contributed by atoms with E-state index in [1.807, 2.05) is 0 Å². The first kappa shape index (κ1) is 15.1. The average molecular weight is 350 g/mol. The summed E-state index contributed by atoms with van der Waals surface area (Å²) in [5, 5.41) is 11.8. The molecule has 1 amide bonds. The van der Waals surface area contributed by atoms with Crippen molar-refractivity contribution in [2.75, 3.05) is 12.4 Å². The molecule has 0 bridgehead atoms. The predicted molar refractivity (Wildman–Crippen MR) is 82.0 cm³/mol. The van der Waals surface area contributed by atoms with E-state index in [0.29, 0.717) is 15.8 Å². The molecular weight excluding hydrogens is 338 g/mol. The molecule has 6 heteroatoms. The molecule has 0 aliphatic heterocycles. The minimum Gasteiger partial charge on any atom is -0.497 e. The molecule has 0 atom stereocenters. The summed E-state index contributed by atoms with van der Waals surface area (Å²) >= 11 is 3.20. The van der Waals surface area contributed by atoms with Gasteiger partial charge in [0.05, 0.1) is 18.4 Å². The molecule has 5 nitrogen and oxygen atoms in total. The fourth-order valence-corrected chi connectivity index (χ4v) is 2.12. The molecule has 0 saturated carbocycles. The highest BCUT2D eigenvalue weighted by atomic mass is 79.9. The van der Waals surface area contributed by atoms with Crippen molar-refractivity contribution in [2.24, 2.45) is 0 Å². The van der Waals surface area contributed by atoms with Crippen molar-refractivity contribution in [1.82, 2.24) is 0 Å². The summed E-state index contributed by atoms with van der Waals surface area (Å²) in [6.07, 6.45) is 0. The standard InChI is InChI=1S/C15H12BrNO4/c1-21-11-4-2-3-9(7-11)14(18)17-13-6-5-10(16)8-12(13)15(19)20/h2-8H,1H3,(H,17,18)(H,19,20). The Labute approximate surface area is 129 Å². The highest BCUT2D eigenvalue weighted by Gasteiger charge is 2.14. The number of rotatable bonds is 4. The number of aromatic carboxylic acids is 1. The molecule has 0 radical (unpaired) electrons. The SMILES string of the molecule is COc1cccc(C(=O)Nc2ccc(Br)cc2C(=O)O)c1. The van der Waals surface area contributed by atoms with Gasteiger partial charge in [0.25, 0.3) is 5.91 Å². The summed E-state index contributed by atoms with van der Waals surface area (Å²) in [6, 6.07) is 11.2. The van der Waals surface area contributed by atoms with Crippen molar-refractivity contribution in [2.45, 2.75) is 0 Å². The Hall–Kier alpha value is -2.34. The Balaban J connectivity index is 2.29. The lowest BCUT2D eigenvalue weighted by Gasteiger charge is -2.09. The number of carboxylic acids is 1. The Morgan fingerprint density at radius 1 is 1.19 bits per heavy atom. The number of nitrogens with one attached hydrogen (secondary N) is 1. The first-order chi connectivity index (χ1) is 10.0. The second-order valence-corrected chi connectivity index (χ2v) is 5.10. The Kier molecular flexibility index (Phi) is 4.59. The zero-order valence-electron chi connectivity index (χ0n) is 11.1. The first-order valence-corrected chi connectivity index (χ1v) is 6.79. The summed E-state index contributed by atoms with van der Waals surface area (Å²) in [5.74, 6) is -0.965. The molecule has 0 unspecified atom stereocenters. The first-order valence-electron chi connectivity index (χ1n) is 5.99. The molecule has 2 rings (SSSR count). The molecule has 0 aromatic heterocycles. The van der Waals surface area contributed by atoms with Gasteiger partial charge in [-0.05, 0) is 36.4 Å². The lowest BCUT2D eigenvalue weighted by molar-refractivity contribution is 0.0698. The molecule has 21 heavy (non-hydrogen) atoms. The largest absolute Gasteiger partial charge is 0.497 e. The van der Waals surface area contributed by atoms with Crippen LogP contribution in [0.25, 0.3) is 0 Å². The maximum atomic E-state index is 12.2. The quantitative estimate of drug-likeness (QED) is 0.886. The third-order valence-electron chi connectivity index (χ3n) is 2.79. The van der Waals surface area contributed by atoms with E-state index in [9.17, 15) is 9.59 Å². The number of ether oxygens (including phenoxy) is 1. The second-order valence-electron chi connectivity index (χ2n) is 4.18. The molecule has 0 heterocycles. The third-order valence-corrected chi connectivity index (χ3v) is 3.29. The van der Waals surface area contributed by atoms with E-state index < -0.39 is 11.9 Å². The van der Waals surface area contributed by atoms with E-state index in [2.05, 4.69) is 21.2 Å². The van der Waals surface area contributed by atoms with Crippen molar-refractivity contribution < 1.29 is 19.4 Å². The molecule has 0 aliphatic carbocycles. The van der Waals surface area contributed by atoms with Gasteiger partial charge in [0.2, 0.25) is 0 Å². The van der Waals surface area contributed by atoms with Crippen LogP contribution in [0.3, 0.4) is 0 Å². The topological polar surface area (TPSA) is 75.6 Å². The van der Waals surface area contributed by atoms with Crippen LogP contribution in [0.15, 0.2) is 46.9 Å². The smallest absolute Gasteiger partial charge is 0.337 e. The highest BCUT2D eigenvalue weighted by molar-refractivity contribution is 9.10. The highest BCUT2D eigenvalue weighted by Crippen LogP contribution is 2.22. The van der Waals surface area contributed by atoms with Crippen LogP contribution in [0, 0.1) is 0 Å². The number of amides is 1. The second kappa shape index (κ2) is 6.41. The zero-order chi connectivity index (χ0) is 15.4. The minimum absolute atomic E-state index is 0.0145. The minimum atomic E-state index is -1.11. The molecule has 0 fully saturated rings. The summed E-state index contributed by atoms with van der Waals surface area (Å²) < 4.78 is 5.68. The van der Waals surface area contributed by atoms with Gasteiger partial charge < -0.3 is 15.2 Å². The Morgan fingerprint density at radius 3 is 2.62 bits per heavy atom. The third kappa shape index (κ3) is 3.61. The number of carbonyl (C=O) groups excluding carboxylic acids is 1. The molecule has 2 N–H and O–H groups in total. The maximum absolute atomic E-state index is 12.2. The molecule has 0 aliphatic rings. The number of hydrogen-bond donors (Lipinski definition) is 2. The van der Waals surface area contributed by atoms with Crippen LogP contribution >= 0.6 is 15.9 Å². The van der Waals surface area contributed by atoms with Gasteiger partial charge in [-0.25, -0.2) is 4.79 Å². The van der Waals surface area contributed by atoms with Gasteiger partial charge in [0.15, 0.2) is 0 Å². The summed E-state index contributed by atoms with van der Waals surface area (Å²) in [5.41, 5.74) is 0.632. The lowest BCUT2D eigenvalue weighted by atomic mass is 10.1. The maximum Gasteiger partial charge on any atom is 0.337 e. The number of benzene rings is 2. The molecule has 0 saturated heterocycles. The van der Waals surface area contributed by atoms with Gasteiger partial charge in [-0.15, -0.1) is 0 Å². The number of hydrogen-bond acceptors (Lipinski definition) is 3. The van der Waals surface area contributed by atoms with Gasteiger partial charge >= 0.3 is 5.97 Å². The van der Waals surface area contributed by atoms with E-state index in [0.717, 1.165) is 0 Å². The Bertz CT molecular complexity index is 700. The van der Waals surface area contributed by atoms with E-state index in [4.69, 9.17) is 9.84 Å². The van der Waals surface area contributed by atoms with Crippen LogP contribution in [-0.4, -0.2) is 24.1 Å². The van der Waals surface area contributed by atoms with Gasteiger partial charge in [0.1, 0.15) is 5.75 Å². The number of carboxylic acid groups (broad SMARTS) is 1. The molecule has 2 aromatic rings. The van der Waals surface area contributed by atoms with Crippen LogP contribution in [0.4, 0.5) is 5.69 Å². The van der Waals surface area contributed by atoms with E-state index in [-0.39, 0.29) is 11.3 Å². The number of methoxy groups -OCH3 is 1. The van der Waals surface area contributed by atoms with E-state index in [1.165, 1.54) is 19.2 Å². The average Bonchev–Trinajstić information content (AvgIpc) is 2.48. The number of carbonyl (C=O) groups is 2. The lowest BCUT2D eigenvalue weighted by Crippen LogP contribution is -2.14. The zero-order valence-corrected chi connectivity index (χ0v) is 12.7. The number of anilines is 1. The molecule has 108 valence electrons. The van der Waals surface area contributed by atoms with Crippen LogP contribution < -0.4 is 10.1 Å². The van der Waals surface area contributed by atoms with Crippen molar-refractivity contribution in [3.8, 4) is 5.75 Å². The van der Waals surface area contributed by atoms with Crippen molar-refractivity contribution >= 4 is 33.5 Å². The normalized spacial score (nSPS) is 10.0. The summed E-state index contributed by atoms with van der Waals surface area (Å²) in [4.78, 5) is 23.4. The van der Waals surface area contributed by atoms with Crippen molar-refractivity contribution in [1.29, 1.82) is 0 Å². The fourth-order valence-electron chi connectivity index (χ4n) is 1.76. The van der Waals surface area contributed by atoms with Gasteiger partial charge in [-0.3, -0.25) is 4.79 Å². The van der Waals surface area contributed by atoms with Crippen LogP contribution in [-0.2, 0) is 0 Å². The van der Waals surface area contributed by atoms with Crippen LogP contribution in [0.2, 0.25) is 0 Å². The van der Waals surface area contributed by atoms with E-state index in [1.54, 1.807) is 30.3 Å². The van der Waals surface area contributed by atoms with Gasteiger partial charge in [0, 0.05) is 10.0 Å². The molecular formula is C15H12BrNO4. The molecule has 0 spiro atoms. The van der Waals surface area contributed by atoms with Gasteiger partial charge in [-0.2, -0.15) is 0 Å². The molecule has 2 aromatic carbocycles. The van der Waals surface area contributed by atoms with Crippen LogP contribution in [0.5, 0.6) is 5.75 Å². The van der Waals surface area contributed by atoms with Gasteiger partial charge in [-0.1, -0.05) is 22.0 Å². The predicted octanol–water partition coefficient (Wildman–Crippen LogP) is 3.41. The summed E-state index contributed by atoms with van der Waals surface area (Å²) in [6.45, 7) is 0. The van der Waals surface area contributed by atoms with Crippen molar-refractivity contribution in [3.63, 3.8) is 0 Å². The fraction of sp³-hybridized carbons (Fsp3) is 0.0667. The van der Waals surface area contributed by atoms with E-state index >= 15 is 0 Å². The van der Waals surface area contributed by atoms with Crippen LogP contribution in [0.1, 0.15) is 20.7 Å². The Morgan fingerprint density at radius 2 is 1.95 bits per heavy atom. The van der Waals surface area contributed by atoms with Crippen molar-refractivity contribution in [3.05, 3.63) is 58.1 Å².